The summed E-state index contributed by atoms with van der Waals surface area (Å²) in [6.07, 6.45) is -0.204. The van der Waals surface area contributed by atoms with Gasteiger partial charge >= 0.3 is 5.97 Å². The largest absolute Gasteiger partial charge is 0.490 e. The van der Waals surface area contributed by atoms with Gasteiger partial charge in [0, 0.05) is 25.8 Å². The molecule has 1 aliphatic rings. The van der Waals surface area contributed by atoms with E-state index in [9.17, 15) is 14.4 Å². The Morgan fingerprint density at radius 1 is 1.35 bits per heavy atom. The van der Waals surface area contributed by atoms with Crippen LogP contribution in [0.4, 0.5) is 0 Å². The first kappa shape index (κ1) is 25.0. The van der Waals surface area contributed by atoms with Gasteiger partial charge in [-0.2, -0.15) is 0 Å². The highest BCUT2D eigenvalue weighted by molar-refractivity contribution is 9.10. The van der Waals surface area contributed by atoms with Gasteiger partial charge in [-0.3, -0.25) is 19.7 Å². The first-order valence-corrected chi connectivity index (χ1v) is 10.9. The molecule has 0 bridgehead atoms. The Balaban J connectivity index is 2.04. The van der Waals surface area contributed by atoms with Crippen LogP contribution < -0.4 is 15.4 Å². The molecule has 0 radical (unpaired) electrons. The van der Waals surface area contributed by atoms with Gasteiger partial charge in [-0.15, -0.1) is 0 Å². The quantitative estimate of drug-likeness (QED) is 0.305. The van der Waals surface area contributed by atoms with Gasteiger partial charge in [-0.05, 0) is 60.2 Å². The van der Waals surface area contributed by atoms with E-state index < -0.39 is 17.9 Å². The van der Waals surface area contributed by atoms with Gasteiger partial charge in [0.25, 0.3) is 5.91 Å². The summed E-state index contributed by atoms with van der Waals surface area (Å²) in [7, 11) is 1.49. The highest BCUT2D eigenvalue weighted by atomic mass is 79.9. The van der Waals surface area contributed by atoms with E-state index in [0.717, 1.165) is 0 Å². The molecule has 1 aliphatic heterocycles. The fourth-order valence-corrected chi connectivity index (χ4v) is 3.63. The number of esters is 1. The highest BCUT2D eigenvalue weighted by Gasteiger charge is 2.34. The van der Waals surface area contributed by atoms with Crippen LogP contribution in [0.3, 0.4) is 0 Å². The Hall–Kier alpha value is -2.24. The van der Waals surface area contributed by atoms with E-state index in [1.165, 1.54) is 12.0 Å². The number of thiocarbonyl (C=S) groups is 1. The molecule has 1 heterocycles. The third-order valence-corrected chi connectivity index (χ3v) is 5.24. The van der Waals surface area contributed by atoms with E-state index in [1.807, 2.05) is 13.8 Å². The fraction of sp³-hybridized carbons (Fsp3) is 0.500. The number of halogens is 1. The molecule has 170 valence electrons. The molecule has 1 saturated heterocycles. The number of hydrogen-bond acceptors (Lipinski definition) is 7. The van der Waals surface area contributed by atoms with Crippen molar-refractivity contribution in [1.29, 1.82) is 0 Å². The number of nitrogens with one attached hydrogen (secondary N) is 2. The maximum Gasteiger partial charge on any atom is 0.308 e. The van der Waals surface area contributed by atoms with Crippen molar-refractivity contribution in [2.24, 2.45) is 0 Å². The van der Waals surface area contributed by atoms with Crippen molar-refractivity contribution in [3.05, 3.63) is 28.2 Å². The minimum Gasteiger partial charge on any atom is -0.490 e. The summed E-state index contributed by atoms with van der Waals surface area (Å²) < 4.78 is 16.2. The molecule has 1 aromatic carbocycles. The summed E-state index contributed by atoms with van der Waals surface area (Å²) in [6, 6.07) is 4.07. The Labute approximate surface area is 194 Å². The minimum absolute atomic E-state index is 0.00748. The van der Waals surface area contributed by atoms with Crippen LogP contribution >= 0.6 is 28.1 Å². The Morgan fingerprint density at radius 3 is 2.74 bits per heavy atom. The maximum absolute atomic E-state index is 12.7. The molecule has 11 heteroatoms. The molecule has 2 amide bonds. The van der Waals surface area contributed by atoms with Crippen molar-refractivity contribution >= 4 is 51.0 Å². The lowest BCUT2D eigenvalue weighted by atomic mass is 10.1. The van der Waals surface area contributed by atoms with Gasteiger partial charge in [-0.1, -0.05) is 0 Å². The van der Waals surface area contributed by atoms with Gasteiger partial charge in [0.1, 0.15) is 18.4 Å². The second-order valence-electron chi connectivity index (χ2n) is 6.99. The first-order valence-electron chi connectivity index (χ1n) is 9.73. The highest BCUT2D eigenvalue weighted by Crippen LogP contribution is 2.27. The van der Waals surface area contributed by atoms with Crippen LogP contribution in [0.1, 0.15) is 30.6 Å². The van der Waals surface area contributed by atoms with Gasteiger partial charge < -0.3 is 24.4 Å². The minimum atomic E-state index is -0.870. The number of hydrogen-bond donors (Lipinski definition) is 2. The molecule has 31 heavy (non-hydrogen) atoms. The molecular formula is C20H26BrN3O6S. The van der Waals surface area contributed by atoms with E-state index in [-0.39, 0.29) is 36.8 Å². The van der Waals surface area contributed by atoms with Gasteiger partial charge in [0.05, 0.1) is 23.6 Å². The molecular weight excluding hydrogens is 490 g/mol. The van der Waals surface area contributed by atoms with Crippen LogP contribution in [0.5, 0.6) is 5.75 Å². The van der Waals surface area contributed by atoms with Crippen molar-refractivity contribution in [3.63, 3.8) is 0 Å². The predicted molar refractivity (Wildman–Crippen MR) is 121 cm³/mol. The SMILES string of the molecule is COCCOC(=O)CC1C(=O)NCCN1C(=S)NC(=O)c1ccc(OC(C)C)c(Br)c1. The van der Waals surface area contributed by atoms with Gasteiger partial charge in [0.2, 0.25) is 5.91 Å². The number of piperazine rings is 1. The second kappa shape index (κ2) is 12.0. The maximum atomic E-state index is 12.7. The summed E-state index contributed by atoms with van der Waals surface area (Å²) >= 11 is 8.76. The topological polar surface area (TPSA) is 106 Å². The van der Waals surface area contributed by atoms with Crippen LogP contribution in [-0.2, 0) is 19.1 Å². The van der Waals surface area contributed by atoms with Crippen LogP contribution in [0.2, 0.25) is 0 Å². The van der Waals surface area contributed by atoms with Crippen molar-refractivity contribution in [3.8, 4) is 5.75 Å². The van der Waals surface area contributed by atoms with Crippen molar-refractivity contribution < 1.29 is 28.6 Å². The molecule has 9 nitrogen and oxygen atoms in total. The standard InChI is InChI=1S/C20H26BrN3O6S/c1-12(2)30-16-5-4-13(10-14(16)21)18(26)23-20(31)24-7-6-22-19(27)15(24)11-17(25)29-9-8-28-3/h4-5,10,12,15H,6-9,11H2,1-3H3,(H,22,27)(H,23,26,31). The average molecular weight is 516 g/mol. The van der Waals surface area contributed by atoms with E-state index in [1.54, 1.807) is 18.2 Å². The summed E-state index contributed by atoms with van der Waals surface area (Å²) in [5.41, 5.74) is 0.363. The summed E-state index contributed by atoms with van der Waals surface area (Å²) in [5.74, 6) is -0.726. The number of benzene rings is 1. The number of nitrogens with zero attached hydrogens (tertiary/aromatic N) is 1. The molecule has 1 aromatic rings. The van der Waals surface area contributed by atoms with Crippen molar-refractivity contribution in [1.82, 2.24) is 15.5 Å². The summed E-state index contributed by atoms with van der Waals surface area (Å²) in [4.78, 5) is 38.6. The number of methoxy groups -OCH3 is 1. The van der Waals surface area contributed by atoms with Gasteiger partial charge in [-0.25, -0.2) is 0 Å². The van der Waals surface area contributed by atoms with Crippen molar-refractivity contribution in [2.75, 3.05) is 33.4 Å². The second-order valence-corrected chi connectivity index (χ2v) is 8.23. The number of ether oxygens (including phenoxy) is 3. The van der Waals surface area contributed by atoms with Gasteiger partial charge in [0.15, 0.2) is 5.11 Å². The summed E-state index contributed by atoms with van der Waals surface area (Å²) in [6.45, 7) is 4.87. The lowest BCUT2D eigenvalue weighted by Crippen LogP contribution is -2.60. The monoisotopic (exact) mass is 515 g/mol. The Morgan fingerprint density at radius 2 is 2.10 bits per heavy atom. The average Bonchev–Trinajstić information content (AvgIpc) is 2.70. The smallest absolute Gasteiger partial charge is 0.308 e. The number of carbonyl (C=O) groups is 3. The van der Waals surface area contributed by atoms with E-state index in [2.05, 4.69) is 26.6 Å². The third-order valence-electron chi connectivity index (χ3n) is 4.28. The number of carbonyl (C=O) groups excluding carboxylic acids is 3. The van der Waals surface area contributed by atoms with Crippen molar-refractivity contribution in [2.45, 2.75) is 32.4 Å². The molecule has 0 aromatic heterocycles. The molecule has 2 N–H and O–H groups in total. The van der Waals surface area contributed by atoms with Crippen LogP contribution in [-0.4, -0.2) is 73.4 Å². The molecule has 1 unspecified atom stereocenters. The predicted octanol–water partition coefficient (Wildman–Crippen LogP) is 1.63. The Bertz CT molecular complexity index is 835. The zero-order chi connectivity index (χ0) is 23.0. The number of rotatable bonds is 8. The van der Waals surface area contributed by atoms with E-state index in [0.29, 0.717) is 28.9 Å². The van der Waals surface area contributed by atoms with Crippen LogP contribution in [0.15, 0.2) is 22.7 Å². The normalized spacial score (nSPS) is 16.0. The zero-order valence-corrected chi connectivity index (χ0v) is 20.0. The molecule has 2 rings (SSSR count). The zero-order valence-electron chi connectivity index (χ0n) is 17.6. The molecule has 1 fully saturated rings. The molecule has 0 spiro atoms. The Kier molecular flexibility index (Phi) is 9.66. The van der Waals surface area contributed by atoms with Crippen LogP contribution in [0.25, 0.3) is 0 Å². The van der Waals surface area contributed by atoms with Crippen LogP contribution in [0, 0.1) is 0 Å². The lowest BCUT2D eigenvalue weighted by molar-refractivity contribution is -0.148. The summed E-state index contributed by atoms with van der Waals surface area (Å²) in [5, 5.41) is 5.40. The fourth-order valence-electron chi connectivity index (χ4n) is 2.85. The molecule has 0 aliphatic carbocycles. The third kappa shape index (κ3) is 7.44. The van der Waals surface area contributed by atoms with E-state index >= 15 is 0 Å². The lowest BCUT2D eigenvalue weighted by Gasteiger charge is -2.36. The number of amides is 2. The van der Waals surface area contributed by atoms with E-state index in [4.69, 9.17) is 26.4 Å². The molecule has 0 saturated carbocycles. The molecule has 1 atom stereocenters. The first-order chi connectivity index (χ1) is 14.7.